The third-order valence-electron chi connectivity index (χ3n) is 6.06. The molecule has 0 aliphatic rings. The molecule has 0 fully saturated rings. The highest BCUT2D eigenvalue weighted by molar-refractivity contribution is 8.00. The van der Waals surface area contributed by atoms with Crippen LogP contribution in [-0.2, 0) is 4.79 Å². The monoisotopic (exact) mass is 550 g/mol. The Morgan fingerprint density at radius 3 is 2.26 bits per heavy atom. The molecule has 0 bridgehead atoms. The summed E-state index contributed by atoms with van der Waals surface area (Å²) in [6.07, 6.45) is 1.88. The van der Waals surface area contributed by atoms with E-state index in [4.69, 9.17) is 12.2 Å². The normalized spacial score (nSPS) is 11.5. The molecule has 0 spiro atoms. The van der Waals surface area contributed by atoms with Gasteiger partial charge in [0.2, 0.25) is 5.91 Å². The molecular weight excluding hydrogens is 525 g/mol. The van der Waals surface area contributed by atoms with E-state index in [1.165, 1.54) is 18.7 Å². The summed E-state index contributed by atoms with van der Waals surface area (Å²) in [6.45, 7) is 1.54. The fourth-order valence-electron chi connectivity index (χ4n) is 4.10. The predicted octanol–water partition coefficient (Wildman–Crippen LogP) is 7.65. The second kappa shape index (κ2) is 12.0. The highest BCUT2D eigenvalue weighted by Gasteiger charge is 2.22. The van der Waals surface area contributed by atoms with Crippen molar-refractivity contribution in [1.29, 1.82) is 0 Å². The average molecular weight is 551 g/mol. The van der Waals surface area contributed by atoms with Gasteiger partial charge < -0.3 is 20.9 Å². The first-order valence-electron chi connectivity index (χ1n) is 12.3. The summed E-state index contributed by atoms with van der Waals surface area (Å²) < 4.78 is 0. The van der Waals surface area contributed by atoms with Gasteiger partial charge in [0.1, 0.15) is 5.25 Å². The highest BCUT2D eigenvalue weighted by Crippen LogP contribution is 2.37. The lowest BCUT2D eigenvalue weighted by Crippen LogP contribution is -2.19. The van der Waals surface area contributed by atoms with Crippen LogP contribution in [0, 0.1) is 0 Å². The van der Waals surface area contributed by atoms with Crippen LogP contribution in [0.1, 0.15) is 28.1 Å². The molecule has 0 aliphatic heterocycles. The van der Waals surface area contributed by atoms with Crippen LogP contribution >= 0.6 is 24.0 Å². The fraction of sp³-hybridized carbons (Fsp3) is 0.0645. The van der Waals surface area contributed by atoms with Gasteiger partial charge in [0, 0.05) is 39.2 Å². The van der Waals surface area contributed by atoms with Crippen molar-refractivity contribution in [3.63, 3.8) is 0 Å². The molecule has 4 aromatic carbocycles. The largest absolute Gasteiger partial charge is 0.361 e. The Morgan fingerprint density at radius 2 is 1.49 bits per heavy atom. The fourth-order valence-corrected chi connectivity index (χ4v) is 5.42. The molecular formula is C31H26N4O2S2. The van der Waals surface area contributed by atoms with Crippen LogP contribution < -0.4 is 16.0 Å². The molecule has 1 unspecified atom stereocenters. The molecule has 0 saturated heterocycles. The minimum absolute atomic E-state index is 0.0145. The maximum absolute atomic E-state index is 13.5. The smallest absolute Gasteiger partial charge is 0.242 e. The number of carbonyl (C=O) groups excluding carboxylic acids is 2. The molecule has 1 atom stereocenters. The molecule has 0 saturated carbocycles. The Hall–Kier alpha value is -4.40. The molecule has 5 rings (SSSR count). The lowest BCUT2D eigenvalue weighted by atomic mass is 10.1. The second-order valence-electron chi connectivity index (χ2n) is 8.92. The van der Waals surface area contributed by atoms with Gasteiger partial charge >= 0.3 is 0 Å². The molecule has 6 nitrogen and oxygen atoms in total. The number of benzene rings is 4. The predicted molar refractivity (Wildman–Crippen MR) is 165 cm³/mol. The molecule has 1 amide bonds. The molecule has 0 radical (unpaired) electrons. The number of aromatic nitrogens is 1. The van der Waals surface area contributed by atoms with Crippen LogP contribution in [-0.4, -0.2) is 21.8 Å². The van der Waals surface area contributed by atoms with Gasteiger partial charge in [0.15, 0.2) is 10.9 Å². The summed E-state index contributed by atoms with van der Waals surface area (Å²) in [6, 6.07) is 32.5. The van der Waals surface area contributed by atoms with Gasteiger partial charge in [-0.2, -0.15) is 0 Å². The zero-order chi connectivity index (χ0) is 27.2. The molecule has 39 heavy (non-hydrogen) atoms. The third kappa shape index (κ3) is 6.73. The van der Waals surface area contributed by atoms with E-state index in [2.05, 4.69) is 20.9 Å². The van der Waals surface area contributed by atoms with Crippen molar-refractivity contribution in [3.8, 4) is 0 Å². The number of aromatic amines is 1. The van der Waals surface area contributed by atoms with E-state index in [1.54, 1.807) is 12.1 Å². The molecule has 8 heteroatoms. The Bertz CT molecular complexity index is 1630. The van der Waals surface area contributed by atoms with E-state index in [-0.39, 0.29) is 11.7 Å². The zero-order valence-corrected chi connectivity index (χ0v) is 22.7. The van der Waals surface area contributed by atoms with Gasteiger partial charge in [-0.3, -0.25) is 9.59 Å². The first-order valence-corrected chi connectivity index (χ1v) is 13.6. The topological polar surface area (TPSA) is 86.0 Å². The van der Waals surface area contributed by atoms with Crippen molar-refractivity contribution < 1.29 is 9.59 Å². The lowest BCUT2D eigenvalue weighted by Gasteiger charge is -2.18. The minimum Gasteiger partial charge on any atom is -0.361 e. The van der Waals surface area contributed by atoms with E-state index in [1.807, 2.05) is 97.2 Å². The minimum atomic E-state index is -0.467. The third-order valence-corrected chi connectivity index (χ3v) is 7.51. The van der Waals surface area contributed by atoms with Crippen LogP contribution in [0.25, 0.3) is 10.9 Å². The molecule has 1 aromatic heterocycles. The Labute approximate surface area is 236 Å². The van der Waals surface area contributed by atoms with E-state index >= 15 is 0 Å². The van der Waals surface area contributed by atoms with Crippen LogP contribution in [0.2, 0.25) is 0 Å². The number of carbonyl (C=O) groups is 2. The van der Waals surface area contributed by atoms with Crippen LogP contribution in [0.5, 0.6) is 0 Å². The zero-order valence-electron chi connectivity index (χ0n) is 21.1. The van der Waals surface area contributed by atoms with Gasteiger partial charge in [0.25, 0.3) is 0 Å². The number of anilines is 3. The standard InChI is InChI=1S/C31H26N4O2S2/c1-20(36)21-10-13-24(14-11-21)34-31(38)35-25-8-5-9-27(18-25)39-29(23-6-3-2-4-7-23)30(37)33-26-15-12-22-16-17-32-28(22)19-26/h2-19,29,32H,1H3,(H,33,37)(H2,34,35,38). The van der Waals surface area contributed by atoms with Crippen molar-refractivity contribution in [2.75, 3.05) is 16.0 Å². The summed E-state index contributed by atoms with van der Waals surface area (Å²) in [4.78, 5) is 29.1. The first kappa shape index (κ1) is 26.2. The number of nitrogens with one attached hydrogen (secondary N) is 4. The van der Waals surface area contributed by atoms with E-state index in [0.29, 0.717) is 10.7 Å². The number of thiocarbonyl (C=S) groups is 1. The molecule has 0 aliphatic carbocycles. The maximum Gasteiger partial charge on any atom is 0.242 e. The van der Waals surface area contributed by atoms with Crippen molar-refractivity contribution in [3.05, 3.63) is 120 Å². The number of rotatable bonds is 8. The van der Waals surface area contributed by atoms with Crippen LogP contribution in [0.3, 0.4) is 0 Å². The van der Waals surface area contributed by atoms with Gasteiger partial charge in [-0.25, -0.2) is 0 Å². The number of amides is 1. The van der Waals surface area contributed by atoms with Gasteiger partial charge in [-0.1, -0.05) is 42.5 Å². The van der Waals surface area contributed by atoms with Crippen molar-refractivity contribution in [1.82, 2.24) is 4.98 Å². The SMILES string of the molecule is CC(=O)c1ccc(NC(=S)Nc2cccc(SC(C(=O)Nc3ccc4cc[nH]c4c3)c3ccccc3)c2)cc1. The molecule has 4 N–H and O–H groups in total. The summed E-state index contributed by atoms with van der Waals surface area (Å²) in [7, 11) is 0. The molecule has 1 heterocycles. The number of thioether (sulfide) groups is 1. The number of ketones is 1. The maximum atomic E-state index is 13.5. The van der Waals surface area contributed by atoms with Crippen molar-refractivity contribution in [2.24, 2.45) is 0 Å². The number of hydrogen-bond acceptors (Lipinski definition) is 4. The average Bonchev–Trinajstić information content (AvgIpc) is 3.40. The number of Topliss-reactive ketones (excluding diaryl/α,β-unsaturated/α-hetero) is 1. The highest BCUT2D eigenvalue weighted by atomic mass is 32.2. The quantitative estimate of drug-likeness (QED) is 0.0902. The first-order chi connectivity index (χ1) is 18.9. The summed E-state index contributed by atoms with van der Waals surface area (Å²) in [5.74, 6) is -0.0951. The van der Waals surface area contributed by atoms with E-state index in [9.17, 15) is 9.59 Å². The van der Waals surface area contributed by atoms with Crippen LogP contribution in [0.4, 0.5) is 17.1 Å². The molecule has 194 valence electrons. The Balaban J connectivity index is 1.29. The Morgan fingerprint density at radius 1 is 0.769 bits per heavy atom. The van der Waals surface area contributed by atoms with Crippen LogP contribution in [0.15, 0.2) is 114 Å². The summed E-state index contributed by atoms with van der Waals surface area (Å²) in [5.41, 5.74) is 4.83. The lowest BCUT2D eigenvalue weighted by molar-refractivity contribution is -0.115. The van der Waals surface area contributed by atoms with E-state index < -0.39 is 5.25 Å². The number of fused-ring (bicyclic) bond motifs is 1. The summed E-state index contributed by atoms with van der Waals surface area (Å²) in [5, 5.41) is 10.5. The number of hydrogen-bond donors (Lipinski definition) is 4. The summed E-state index contributed by atoms with van der Waals surface area (Å²) >= 11 is 6.96. The van der Waals surface area contributed by atoms with Gasteiger partial charge in [-0.05, 0) is 90.8 Å². The van der Waals surface area contributed by atoms with Crippen molar-refractivity contribution >= 4 is 68.7 Å². The van der Waals surface area contributed by atoms with E-state index in [0.717, 1.165) is 38.4 Å². The number of H-pyrrole nitrogens is 1. The van der Waals surface area contributed by atoms with Gasteiger partial charge in [-0.15, -0.1) is 11.8 Å². The second-order valence-corrected chi connectivity index (χ2v) is 10.5. The van der Waals surface area contributed by atoms with Crippen molar-refractivity contribution in [2.45, 2.75) is 17.1 Å². The molecule has 5 aromatic rings. The Kier molecular flexibility index (Phi) is 8.05. The van der Waals surface area contributed by atoms with Gasteiger partial charge in [0.05, 0.1) is 0 Å².